The third-order valence-corrected chi connectivity index (χ3v) is 2.46. The van der Waals surface area contributed by atoms with Crippen LogP contribution in [0, 0.1) is 0 Å². The molecular formula is C9H7Cl2N3. The van der Waals surface area contributed by atoms with Crippen molar-refractivity contribution in [1.29, 1.82) is 0 Å². The predicted molar refractivity (Wildman–Crippen MR) is 55.9 cm³/mol. The van der Waals surface area contributed by atoms with E-state index in [-0.39, 0.29) is 0 Å². The van der Waals surface area contributed by atoms with Crippen molar-refractivity contribution in [1.82, 2.24) is 14.5 Å². The maximum absolute atomic E-state index is 5.89. The van der Waals surface area contributed by atoms with Gasteiger partial charge in [0.1, 0.15) is 12.1 Å². The highest BCUT2D eigenvalue weighted by Crippen LogP contribution is 2.18. The minimum Gasteiger partial charge on any atom is -0.291 e. The van der Waals surface area contributed by atoms with Gasteiger partial charge in [-0.3, -0.25) is 4.57 Å². The molecule has 0 atom stereocenters. The Morgan fingerprint density at radius 2 is 2.29 bits per heavy atom. The lowest BCUT2D eigenvalue weighted by Gasteiger charge is -2.04. The predicted octanol–water partition coefficient (Wildman–Crippen LogP) is 2.66. The molecule has 2 rings (SSSR count). The van der Waals surface area contributed by atoms with Crippen LogP contribution in [0.3, 0.4) is 0 Å². The van der Waals surface area contributed by atoms with Crippen LogP contribution in [-0.4, -0.2) is 14.5 Å². The Hall–Kier alpha value is -1.06. The first-order valence-corrected chi connectivity index (χ1v) is 4.91. The molecule has 0 saturated carbocycles. The summed E-state index contributed by atoms with van der Waals surface area (Å²) in [5, 5.41) is 0.587. The molecule has 2 aromatic rings. The summed E-state index contributed by atoms with van der Waals surface area (Å²) in [6.07, 6.45) is 6.77. The molecule has 0 aliphatic heterocycles. The van der Waals surface area contributed by atoms with Gasteiger partial charge in [-0.05, 0) is 11.6 Å². The van der Waals surface area contributed by atoms with E-state index in [1.807, 2.05) is 12.3 Å². The molecule has 0 aromatic carbocycles. The Balaban J connectivity index is 2.46. The standard InChI is InChI=1S/C9H7Cl2N3/c10-4-7-3-9(13-5-8(7)11)14-2-1-12-6-14/h1-3,5-6H,4H2. The van der Waals surface area contributed by atoms with Crippen LogP contribution in [0.5, 0.6) is 0 Å². The van der Waals surface area contributed by atoms with E-state index >= 15 is 0 Å². The van der Waals surface area contributed by atoms with Gasteiger partial charge in [0.25, 0.3) is 0 Å². The largest absolute Gasteiger partial charge is 0.291 e. The van der Waals surface area contributed by atoms with Crippen LogP contribution >= 0.6 is 23.2 Å². The van der Waals surface area contributed by atoms with Gasteiger partial charge in [-0.1, -0.05) is 11.6 Å². The second kappa shape index (κ2) is 3.98. The lowest BCUT2D eigenvalue weighted by atomic mass is 10.3. The molecule has 0 N–H and O–H groups in total. The lowest BCUT2D eigenvalue weighted by molar-refractivity contribution is 0.987. The Morgan fingerprint density at radius 1 is 1.43 bits per heavy atom. The fourth-order valence-corrected chi connectivity index (χ4v) is 1.57. The van der Waals surface area contributed by atoms with Crippen molar-refractivity contribution in [2.24, 2.45) is 0 Å². The quantitative estimate of drug-likeness (QED) is 0.739. The number of nitrogens with zero attached hydrogens (tertiary/aromatic N) is 3. The van der Waals surface area contributed by atoms with E-state index in [0.717, 1.165) is 11.4 Å². The van der Waals surface area contributed by atoms with E-state index < -0.39 is 0 Å². The molecule has 0 aliphatic rings. The third kappa shape index (κ3) is 1.74. The molecule has 0 saturated heterocycles. The number of hydrogen-bond acceptors (Lipinski definition) is 2. The summed E-state index contributed by atoms with van der Waals surface area (Å²) in [7, 11) is 0. The minimum absolute atomic E-state index is 0.378. The zero-order valence-electron chi connectivity index (χ0n) is 7.19. The zero-order valence-corrected chi connectivity index (χ0v) is 8.70. The highest BCUT2D eigenvalue weighted by Gasteiger charge is 2.03. The number of aromatic nitrogens is 3. The summed E-state index contributed by atoms with van der Waals surface area (Å²) in [6, 6.07) is 1.84. The van der Waals surface area contributed by atoms with Crippen LogP contribution in [0.1, 0.15) is 5.56 Å². The van der Waals surface area contributed by atoms with Gasteiger partial charge < -0.3 is 0 Å². The molecule has 14 heavy (non-hydrogen) atoms. The molecule has 72 valence electrons. The molecule has 0 unspecified atom stereocenters. The van der Waals surface area contributed by atoms with E-state index in [4.69, 9.17) is 23.2 Å². The Kier molecular flexibility index (Phi) is 2.70. The average molecular weight is 228 g/mol. The van der Waals surface area contributed by atoms with Crippen molar-refractivity contribution in [3.8, 4) is 5.82 Å². The first-order valence-electron chi connectivity index (χ1n) is 4.00. The van der Waals surface area contributed by atoms with Crippen molar-refractivity contribution >= 4 is 23.2 Å². The molecule has 0 aliphatic carbocycles. The summed E-state index contributed by atoms with van der Waals surface area (Å²) in [4.78, 5) is 8.10. The Morgan fingerprint density at radius 3 is 2.93 bits per heavy atom. The number of alkyl halides is 1. The molecule has 2 aromatic heterocycles. The van der Waals surface area contributed by atoms with Crippen molar-refractivity contribution < 1.29 is 0 Å². The van der Waals surface area contributed by atoms with E-state index in [1.54, 1.807) is 23.3 Å². The van der Waals surface area contributed by atoms with Crippen LogP contribution in [0.2, 0.25) is 5.02 Å². The molecule has 2 heterocycles. The topological polar surface area (TPSA) is 30.7 Å². The SMILES string of the molecule is ClCc1cc(-n2ccnc2)ncc1Cl. The summed E-state index contributed by atoms with van der Waals surface area (Å²) in [6.45, 7) is 0. The van der Waals surface area contributed by atoms with Gasteiger partial charge in [0.15, 0.2) is 0 Å². The molecule has 0 bridgehead atoms. The summed E-state index contributed by atoms with van der Waals surface area (Å²) >= 11 is 11.6. The van der Waals surface area contributed by atoms with Gasteiger partial charge in [-0.25, -0.2) is 9.97 Å². The highest BCUT2D eigenvalue weighted by molar-refractivity contribution is 6.32. The molecule has 3 nitrogen and oxygen atoms in total. The van der Waals surface area contributed by atoms with Gasteiger partial charge in [0.2, 0.25) is 0 Å². The average Bonchev–Trinajstić information content (AvgIpc) is 2.71. The molecule has 0 radical (unpaired) electrons. The highest BCUT2D eigenvalue weighted by atomic mass is 35.5. The number of rotatable bonds is 2. The maximum Gasteiger partial charge on any atom is 0.138 e. The first kappa shape index (κ1) is 9.49. The first-order chi connectivity index (χ1) is 6.81. The summed E-state index contributed by atoms with van der Waals surface area (Å²) in [5.41, 5.74) is 0.868. The van der Waals surface area contributed by atoms with Crippen molar-refractivity contribution in [2.75, 3.05) is 0 Å². The van der Waals surface area contributed by atoms with Crippen LogP contribution in [0.15, 0.2) is 31.0 Å². The number of imidazole rings is 1. The number of hydrogen-bond donors (Lipinski definition) is 0. The van der Waals surface area contributed by atoms with Crippen LogP contribution in [0.25, 0.3) is 5.82 Å². The molecule has 5 heteroatoms. The third-order valence-electron chi connectivity index (χ3n) is 1.83. The number of halogens is 2. The zero-order chi connectivity index (χ0) is 9.97. The van der Waals surface area contributed by atoms with Gasteiger partial charge in [0, 0.05) is 24.5 Å². The second-order valence-corrected chi connectivity index (χ2v) is 3.41. The van der Waals surface area contributed by atoms with Gasteiger partial charge >= 0.3 is 0 Å². The second-order valence-electron chi connectivity index (χ2n) is 2.74. The summed E-state index contributed by atoms with van der Waals surface area (Å²) < 4.78 is 1.80. The van der Waals surface area contributed by atoms with Crippen LogP contribution in [-0.2, 0) is 5.88 Å². The summed E-state index contributed by atoms with van der Waals surface area (Å²) in [5.74, 6) is 1.14. The van der Waals surface area contributed by atoms with Crippen molar-refractivity contribution in [3.05, 3.63) is 41.6 Å². The molecule has 0 fully saturated rings. The van der Waals surface area contributed by atoms with Crippen LogP contribution in [0.4, 0.5) is 0 Å². The molecule has 0 spiro atoms. The van der Waals surface area contributed by atoms with Gasteiger partial charge in [-0.2, -0.15) is 0 Å². The van der Waals surface area contributed by atoms with E-state index in [0.29, 0.717) is 10.9 Å². The smallest absolute Gasteiger partial charge is 0.138 e. The van der Waals surface area contributed by atoms with Gasteiger partial charge in [0.05, 0.1) is 5.02 Å². The van der Waals surface area contributed by atoms with Crippen molar-refractivity contribution in [2.45, 2.75) is 5.88 Å². The monoisotopic (exact) mass is 227 g/mol. The van der Waals surface area contributed by atoms with E-state index in [1.165, 1.54) is 0 Å². The Labute approximate surface area is 91.3 Å². The maximum atomic E-state index is 5.89. The number of pyridine rings is 1. The lowest BCUT2D eigenvalue weighted by Crippen LogP contribution is -1.95. The van der Waals surface area contributed by atoms with E-state index in [2.05, 4.69) is 9.97 Å². The fraction of sp³-hybridized carbons (Fsp3) is 0.111. The van der Waals surface area contributed by atoms with Crippen LogP contribution < -0.4 is 0 Å². The van der Waals surface area contributed by atoms with Crippen molar-refractivity contribution in [3.63, 3.8) is 0 Å². The normalized spacial score (nSPS) is 10.4. The minimum atomic E-state index is 0.378. The van der Waals surface area contributed by atoms with Gasteiger partial charge in [-0.15, -0.1) is 11.6 Å². The van der Waals surface area contributed by atoms with E-state index in [9.17, 15) is 0 Å². The fourth-order valence-electron chi connectivity index (χ4n) is 1.11. The molecular weight excluding hydrogens is 221 g/mol. The molecule has 0 amide bonds. The Bertz CT molecular complexity index is 426.